The number of piperidine rings is 1. The van der Waals surface area contributed by atoms with Crippen molar-refractivity contribution in [3.05, 3.63) is 29.8 Å². The molecule has 1 aromatic carbocycles. The van der Waals surface area contributed by atoms with Gasteiger partial charge in [-0.1, -0.05) is 12.1 Å². The molecule has 0 radical (unpaired) electrons. The van der Waals surface area contributed by atoms with Gasteiger partial charge in [0.25, 0.3) is 0 Å². The zero-order chi connectivity index (χ0) is 11.4. The molecule has 0 amide bonds. The normalized spacial score (nSPS) is 18.8. The second-order valence-electron chi connectivity index (χ2n) is 4.64. The summed E-state index contributed by atoms with van der Waals surface area (Å²) in [6.07, 6.45) is 2.23. The highest BCUT2D eigenvalue weighted by atomic mass is 16.3. The van der Waals surface area contributed by atoms with E-state index in [1.807, 2.05) is 12.1 Å². The van der Waals surface area contributed by atoms with Crippen LogP contribution in [0.3, 0.4) is 0 Å². The number of nitrogens with zero attached hydrogens (tertiary/aromatic N) is 1. The topological polar surface area (TPSA) is 49.5 Å². The van der Waals surface area contributed by atoms with Gasteiger partial charge < -0.3 is 10.8 Å². The molecule has 0 aliphatic carbocycles. The van der Waals surface area contributed by atoms with Gasteiger partial charge in [-0.05, 0) is 49.5 Å². The van der Waals surface area contributed by atoms with E-state index in [1.165, 1.54) is 5.56 Å². The summed E-state index contributed by atoms with van der Waals surface area (Å²) in [4.78, 5) is 2.44. The molecule has 1 fully saturated rings. The zero-order valence-corrected chi connectivity index (χ0v) is 9.60. The van der Waals surface area contributed by atoms with Crippen LogP contribution < -0.4 is 5.73 Å². The fourth-order valence-corrected chi connectivity index (χ4v) is 2.21. The van der Waals surface area contributed by atoms with Crippen LogP contribution in [0.5, 0.6) is 0 Å². The molecule has 0 aromatic heterocycles. The lowest BCUT2D eigenvalue weighted by atomic mass is 9.97. The molecule has 88 valence electrons. The Kier molecular flexibility index (Phi) is 3.80. The SMILES string of the molecule is Nc1ccc(CN2CCC(CO)CC2)cc1. The van der Waals surface area contributed by atoms with Crippen LogP contribution in [-0.2, 0) is 6.54 Å². The van der Waals surface area contributed by atoms with E-state index in [0.717, 1.165) is 38.2 Å². The fraction of sp³-hybridized carbons (Fsp3) is 0.538. The molecule has 3 heteroatoms. The van der Waals surface area contributed by atoms with Crippen molar-refractivity contribution in [2.45, 2.75) is 19.4 Å². The van der Waals surface area contributed by atoms with E-state index >= 15 is 0 Å². The molecule has 1 aliphatic heterocycles. The molecule has 0 atom stereocenters. The van der Waals surface area contributed by atoms with Crippen LogP contribution >= 0.6 is 0 Å². The number of likely N-dealkylation sites (tertiary alicyclic amines) is 1. The summed E-state index contributed by atoms with van der Waals surface area (Å²) in [5.74, 6) is 0.516. The first kappa shape index (κ1) is 11.4. The van der Waals surface area contributed by atoms with Crippen molar-refractivity contribution < 1.29 is 5.11 Å². The third-order valence-corrected chi connectivity index (χ3v) is 3.35. The van der Waals surface area contributed by atoms with Gasteiger partial charge in [-0.25, -0.2) is 0 Å². The summed E-state index contributed by atoms with van der Waals surface area (Å²) >= 11 is 0. The molecule has 16 heavy (non-hydrogen) atoms. The Morgan fingerprint density at radius 2 is 1.81 bits per heavy atom. The summed E-state index contributed by atoms with van der Waals surface area (Å²) in [6, 6.07) is 8.09. The Morgan fingerprint density at radius 3 is 2.38 bits per heavy atom. The summed E-state index contributed by atoms with van der Waals surface area (Å²) < 4.78 is 0. The Balaban J connectivity index is 1.84. The highest BCUT2D eigenvalue weighted by molar-refractivity contribution is 5.39. The molecule has 0 saturated carbocycles. The van der Waals surface area contributed by atoms with Crippen LogP contribution in [0.1, 0.15) is 18.4 Å². The summed E-state index contributed by atoms with van der Waals surface area (Å²) in [5, 5.41) is 9.07. The number of rotatable bonds is 3. The molecule has 0 bridgehead atoms. The average molecular weight is 220 g/mol. The van der Waals surface area contributed by atoms with Crippen molar-refractivity contribution in [3.8, 4) is 0 Å². The maximum Gasteiger partial charge on any atom is 0.0460 e. The minimum atomic E-state index is 0.343. The number of aliphatic hydroxyl groups excluding tert-OH is 1. The smallest absolute Gasteiger partial charge is 0.0460 e. The van der Waals surface area contributed by atoms with E-state index in [1.54, 1.807) is 0 Å². The quantitative estimate of drug-likeness (QED) is 0.758. The van der Waals surface area contributed by atoms with Crippen LogP contribution in [-0.4, -0.2) is 29.7 Å². The Morgan fingerprint density at radius 1 is 1.19 bits per heavy atom. The summed E-state index contributed by atoms with van der Waals surface area (Å²) in [7, 11) is 0. The first-order valence-electron chi connectivity index (χ1n) is 5.95. The molecule has 1 aliphatic rings. The highest BCUT2D eigenvalue weighted by Gasteiger charge is 2.18. The van der Waals surface area contributed by atoms with Gasteiger partial charge in [0.05, 0.1) is 0 Å². The van der Waals surface area contributed by atoms with Crippen LogP contribution in [0, 0.1) is 5.92 Å². The van der Waals surface area contributed by atoms with E-state index < -0.39 is 0 Å². The Hall–Kier alpha value is -1.06. The van der Waals surface area contributed by atoms with Crippen molar-refractivity contribution in [2.75, 3.05) is 25.4 Å². The van der Waals surface area contributed by atoms with Gasteiger partial charge in [-0.3, -0.25) is 4.90 Å². The lowest BCUT2D eigenvalue weighted by Gasteiger charge is -2.31. The van der Waals surface area contributed by atoms with Crippen LogP contribution in [0.2, 0.25) is 0 Å². The molecule has 1 saturated heterocycles. The van der Waals surface area contributed by atoms with Gasteiger partial charge in [-0.15, -0.1) is 0 Å². The fourth-order valence-electron chi connectivity index (χ4n) is 2.21. The second kappa shape index (κ2) is 5.32. The number of nitrogen functional groups attached to an aromatic ring is 1. The number of benzene rings is 1. The van der Waals surface area contributed by atoms with Gasteiger partial charge in [-0.2, -0.15) is 0 Å². The molecule has 3 N–H and O–H groups in total. The van der Waals surface area contributed by atoms with Crippen molar-refractivity contribution in [1.29, 1.82) is 0 Å². The predicted octanol–water partition coefficient (Wildman–Crippen LogP) is 1.47. The van der Waals surface area contributed by atoms with Crippen molar-refractivity contribution in [2.24, 2.45) is 5.92 Å². The third-order valence-electron chi connectivity index (χ3n) is 3.35. The molecule has 2 rings (SSSR count). The van der Waals surface area contributed by atoms with E-state index in [2.05, 4.69) is 17.0 Å². The predicted molar refractivity (Wildman–Crippen MR) is 65.9 cm³/mol. The number of aliphatic hydroxyl groups is 1. The highest BCUT2D eigenvalue weighted by Crippen LogP contribution is 2.18. The summed E-state index contributed by atoms with van der Waals surface area (Å²) in [6.45, 7) is 3.53. The minimum absolute atomic E-state index is 0.343. The first-order valence-corrected chi connectivity index (χ1v) is 5.95. The number of hydrogen-bond acceptors (Lipinski definition) is 3. The third kappa shape index (κ3) is 2.97. The maximum atomic E-state index is 9.07. The number of nitrogens with two attached hydrogens (primary N) is 1. The molecule has 3 nitrogen and oxygen atoms in total. The van der Waals surface area contributed by atoms with Crippen molar-refractivity contribution in [3.63, 3.8) is 0 Å². The van der Waals surface area contributed by atoms with E-state index in [0.29, 0.717) is 12.5 Å². The van der Waals surface area contributed by atoms with Gasteiger partial charge in [0.1, 0.15) is 0 Å². The molecule has 1 aromatic rings. The first-order chi connectivity index (χ1) is 7.78. The largest absolute Gasteiger partial charge is 0.399 e. The zero-order valence-electron chi connectivity index (χ0n) is 9.60. The van der Waals surface area contributed by atoms with Gasteiger partial charge in [0.2, 0.25) is 0 Å². The van der Waals surface area contributed by atoms with Crippen molar-refractivity contribution in [1.82, 2.24) is 4.90 Å². The number of anilines is 1. The minimum Gasteiger partial charge on any atom is -0.399 e. The lowest BCUT2D eigenvalue weighted by Crippen LogP contribution is -2.34. The number of hydrogen-bond donors (Lipinski definition) is 2. The van der Waals surface area contributed by atoms with Crippen molar-refractivity contribution >= 4 is 5.69 Å². The Labute approximate surface area is 96.9 Å². The van der Waals surface area contributed by atoms with Gasteiger partial charge in [0.15, 0.2) is 0 Å². The van der Waals surface area contributed by atoms with Crippen LogP contribution in [0.25, 0.3) is 0 Å². The molecule has 1 heterocycles. The molecule has 0 unspecified atom stereocenters. The second-order valence-corrected chi connectivity index (χ2v) is 4.64. The van der Waals surface area contributed by atoms with Crippen LogP contribution in [0.4, 0.5) is 5.69 Å². The molecular formula is C13H20N2O. The van der Waals surface area contributed by atoms with Crippen LogP contribution in [0.15, 0.2) is 24.3 Å². The maximum absolute atomic E-state index is 9.07. The van der Waals surface area contributed by atoms with E-state index in [-0.39, 0.29) is 0 Å². The molecular weight excluding hydrogens is 200 g/mol. The monoisotopic (exact) mass is 220 g/mol. The standard InChI is InChI=1S/C13H20N2O/c14-13-3-1-11(2-4-13)9-15-7-5-12(10-16)6-8-15/h1-4,12,16H,5-10,14H2. The lowest BCUT2D eigenvalue weighted by molar-refractivity contribution is 0.127. The van der Waals surface area contributed by atoms with Gasteiger partial charge in [0, 0.05) is 18.8 Å². The Bertz CT molecular complexity index is 315. The average Bonchev–Trinajstić information content (AvgIpc) is 2.33. The van der Waals surface area contributed by atoms with E-state index in [4.69, 9.17) is 10.8 Å². The molecule has 0 spiro atoms. The van der Waals surface area contributed by atoms with E-state index in [9.17, 15) is 0 Å². The summed E-state index contributed by atoms with van der Waals surface area (Å²) in [5.41, 5.74) is 7.79. The van der Waals surface area contributed by atoms with Gasteiger partial charge >= 0.3 is 0 Å².